The fraction of sp³-hybridized carbons (Fsp3) is 0.769. The molecule has 2 amide bonds. The highest BCUT2D eigenvalue weighted by Crippen LogP contribution is 2.32. The van der Waals surface area contributed by atoms with Crippen molar-refractivity contribution in [1.82, 2.24) is 10.6 Å². The number of hydrogen-bond acceptors (Lipinski definition) is 3. The largest absolute Gasteiger partial charge is 0.481 e. The maximum atomic E-state index is 11.9. The van der Waals surface area contributed by atoms with Crippen molar-refractivity contribution in [3.63, 3.8) is 0 Å². The first-order valence-electron chi connectivity index (χ1n) is 6.88. The van der Waals surface area contributed by atoms with Crippen LogP contribution in [-0.4, -0.2) is 36.0 Å². The van der Waals surface area contributed by atoms with Crippen LogP contribution in [0.25, 0.3) is 0 Å². The van der Waals surface area contributed by atoms with E-state index < -0.39 is 17.8 Å². The van der Waals surface area contributed by atoms with E-state index in [9.17, 15) is 14.4 Å². The molecule has 0 radical (unpaired) electrons. The maximum Gasteiger partial charge on any atom is 0.307 e. The van der Waals surface area contributed by atoms with E-state index in [0.717, 1.165) is 19.3 Å². The van der Waals surface area contributed by atoms with Crippen molar-refractivity contribution < 1.29 is 19.5 Å². The predicted octanol–water partition coefficient (Wildman–Crippen LogP) is 0.130. The Morgan fingerprint density at radius 1 is 0.895 bits per heavy atom. The molecule has 0 spiro atoms. The van der Waals surface area contributed by atoms with Crippen molar-refractivity contribution in [2.45, 2.75) is 32.1 Å². The van der Waals surface area contributed by atoms with Gasteiger partial charge in [-0.25, -0.2) is 0 Å². The fourth-order valence-electron chi connectivity index (χ4n) is 2.56. The Labute approximate surface area is 111 Å². The van der Waals surface area contributed by atoms with Crippen molar-refractivity contribution in [3.8, 4) is 0 Å². The number of nitrogens with one attached hydrogen (secondary N) is 2. The molecule has 0 aromatic rings. The minimum Gasteiger partial charge on any atom is -0.481 e. The van der Waals surface area contributed by atoms with Gasteiger partial charge in [-0.2, -0.15) is 0 Å². The number of carboxylic acids is 1. The summed E-state index contributed by atoms with van der Waals surface area (Å²) in [6.45, 7) is 0.770. The Morgan fingerprint density at radius 2 is 1.47 bits per heavy atom. The van der Waals surface area contributed by atoms with Gasteiger partial charge in [0.05, 0.1) is 11.8 Å². The van der Waals surface area contributed by atoms with Gasteiger partial charge in [0, 0.05) is 19.0 Å². The molecule has 0 aromatic heterocycles. The summed E-state index contributed by atoms with van der Waals surface area (Å²) < 4.78 is 0. The zero-order chi connectivity index (χ0) is 13.8. The number of carboxylic acid groups (broad SMARTS) is 1. The summed E-state index contributed by atoms with van der Waals surface area (Å²) in [5, 5.41) is 14.5. The van der Waals surface area contributed by atoms with Crippen LogP contribution in [0.4, 0.5) is 0 Å². The molecule has 3 N–H and O–H groups in total. The van der Waals surface area contributed by atoms with Crippen LogP contribution in [-0.2, 0) is 14.4 Å². The molecule has 2 unspecified atom stereocenters. The molecule has 0 saturated heterocycles. The smallest absolute Gasteiger partial charge is 0.307 e. The lowest BCUT2D eigenvalue weighted by Crippen LogP contribution is -2.40. The van der Waals surface area contributed by atoms with E-state index in [-0.39, 0.29) is 17.7 Å². The molecule has 0 heterocycles. The number of carbonyl (C=O) groups excluding carboxylic acids is 2. The lowest BCUT2D eigenvalue weighted by Gasteiger charge is -2.15. The van der Waals surface area contributed by atoms with Gasteiger partial charge in [-0.05, 0) is 25.7 Å². The van der Waals surface area contributed by atoms with Crippen LogP contribution >= 0.6 is 0 Å². The number of amides is 2. The van der Waals surface area contributed by atoms with Crippen molar-refractivity contribution in [2.75, 3.05) is 13.1 Å². The summed E-state index contributed by atoms with van der Waals surface area (Å²) in [4.78, 5) is 34.2. The summed E-state index contributed by atoms with van der Waals surface area (Å²) in [7, 11) is 0. The van der Waals surface area contributed by atoms with Crippen LogP contribution in [0, 0.1) is 17.8 Å². The Hall–Kier alpha value is -1.59. The van der Waals surface area contributed by atoms with E-state index in [1.54, 1.807) is 0 Å². The summed E-state index contributed by atoms with van der Waals surface area (Å²) in [5.74, 6) is -1.84. The molecule has 6 nitrogen and oxygen atoms in total. The van der Waals surface area contributed by atoms with Gasteiger partial charge in [-0.15, -0.1) is 0 Å². The van der Waals surface area contributed by atoms with E-state index in [0.29, 0.717) is 25.9 Å². The predicted molar refractivity (Wildman–Crippen MR) is 67.2 cm³/mol. The maximum absolute atomic E-state index is 11.9. The third-order valence-corrected chi connectivity index (χ3v) is 3.84. The average molecular weight is 268 g/mol. The van der Waals surface area contributed by atoms with Crippen molar-refractivity contribution in [2.24, 2.45) is 17.8 Å². The Morgan fingerprint density at radius 3 is 2.05 bits per heavy atom. The standard InChI is InChI=1S/C13H20N2O4/c16-11(8-4-5-8)14-6-7-15-12(17)9-2-1-3-10(9)13(18)19/h8-10H,1-7H2,(H,14,16)(H,15,17)(H,18,19). The molecule has 2 aliphatic rings. The van der Waals surface area contributed by atoms with Crippen LogP contribution in [0.1, 0.15) is 32.1 Å². The monoisotopic (exact) mass is 268 g/mol. The van der Waals surface area contributed by atoms with Crippen LogP contribution in [0.15, 0.2) is 0 Å². The van der Waals surface area contributed by atoms with Crippen LogP contribution in [0.5, 0.6) is 0 Å². The summed E-state index contributed by atoms with van der Waals surface area (Å²) in [5.41, 5.74) is 0. The van der Waals surface area contributed by atoms with E-state index in [1.165, 1.54) is 0 Å². The highest BCUT2D eigenvalue weighted by atomic mass is 16.4. The first kappa shape index (κ1) is 13.8. The van der Waals surface area contributed by atoms with Crippen LogP contribution in [0.2, 0.25) is 0 Å². The van der Waals surface area contributed by atoms with Crippen molar-refractivity contribution in [1.29, 1.82) is 0 Å². The number of carbonyl (C=O) groups is 3. The van der Waals surface area contributed by atoms with Crippen LogP contribution in [0.3, 0.4) is 0 Å². The Balaban J connectivity index is 1.66. The zero-order valence-corrected chi connectivity index (χ0v) is 10.9. The Bertz CT molecular complexity index is 379. The SMILES string of the molecule is O=C(NCCNC(=O)C1CCCC1C(=O)O)C1CC1. The second-order valence-electron chi connectivity index (χ2n) is 5.34. The number of rotatable bonds is 6. The number of aliphatic carboxylic acids is 1. The van der Waals surface area contributed by atoms with Gasteiger partial charge < -0.3 is 15.7 Å². The first-order chi connectivity index (χ1) is 9.09. The Kier molecular flexibility index (Phi) is 4.39. The molecule has 19 heavy (non-hydrogen) atoms. The second-order valence-corrected chi connectivity index (χ2v) is 5.34. The van der Waals surface area contributed by atoms with E-state index >= 15 is 0 Å². The molecule has 0 bridgehead atoms. The lowest BCUT2D eigenvalue weighted by molar-refractivity contribution is -0.146. The molecule has 106 valence electrons. The summed E-state index contributed by atoms with van der Waals surface area (Å²) in [6, 6.07) is 0. The minimum absolute atomic E-state index is 0.0542. The van der Waals surface area contributed by atoms with Gasteiger partial charge in [0.2, 0.25) is 11.8 Å². The van der Waals surface area contributed by atoms with Crippen LogP contribution < -0.4 is 10.6 Å². The highest BCUT2D eigenvalue weighted by Gasteiger charge is 2.37. The van der Waals surface area contributed by atoms with Crippen molar-refractivity contribution in [3.05, 3.63) is 0 Å². The fourth-order valence-corrected chi connectivity index (χ4v) is 2.56. The number of hydrogen-bond donors (Lipinski definition) is 3. The topological polar surface area (TPSA) is 95.5 Å². The normalized spacial score (nSPS) is 25.9. The minimum atomic E-state index is -0.889. The van der Waals surface area contributed by atoms with Crippen molar-refractivity contribution >= 4 is 17.8 Å². The third kappa shape index (κ3) is 3.68. The molecule has 2 rings (SSSR count). The molecule has 2 fully saturated rings. The van der Waals surface area contributed by atoms with Gasteiger partial charge >= 0.3 is 5.97 Å². The molecule has 2 atom stereocenters. The van der Waals surface area contributed by atoms with E-state index in [4.69, 9.17) is 5.11 Å². The average Bonchev–Trinajstić information content (AvgIpc) is 3.10. The van der Waals surface area contributed by atoms with Gasteiger partial charge in [-0.1, -0.05) is 6.42 Å². The lowest BCUT2D eigenvalue weighted by atomic mass is 9.95. The summed E-state index contributed by atoms with van der Waals surface area (Å²) in [6.07, 6.45) is 3.91. The molecule has 2 aliphatic carbocycles. The van der Waals surface area contributed by atoms with Gasteiger partial charge in [0.1, 0.15) is 0 Å². The summed E-state index contributed by atoms with van der Waals surface area (Å²) >= 11 is 0. The second kappa shape index (κ2) is 6.04. The molecule has 0 aliphatic heterocycles. The molecule has 0 aromatic carbocycles. The molecule has 2 saturated carbocycles. The van der Waals surface area contributed by atoms with Gasteiger partial charge in [0.25, 0.3) is 0 Å². The van der Waals surface area contributed by atoms with Gasteiger partial charge in [0.15, 0.2) is 0 Å². The van der Waals surface area contributed by atoms with E-state index in [1.807, 2.05) is 0 Å². The first-order valence-corrected chi connectivity index (χ1v) is 6.88. The van der Waals surface area contributed by atoms with Gasteiger partial charge in [-0.3, -0.25) is 14.4 Å². The molecular weight excluding hydrogens is 248 g/mol. The van der Waals surface area contributed by atoms with E-state index in [2.05, 4.69) is 10.6 Å². The molecule has 6 heteroatoms. The third-order valence-electron chi connectivity index (χ3n) is 3.84. The quantitative estimate of drug-likeness (QED) is 0.597. The molecular formula is C13H20N2O4. The highest BCUT2D eigenvalue weighted by molar-refractivity contribution is 5.85. The zero-order valence-electron chi connectivity index (χ0n) is 10.9.